The van der Waals surface area contributed by atoms with Gasteiger partial charge in [-0.25, -0.2) is 4.79 Å². The molecule has 0 saturated carbocycles. The molecule has 5 rings (SSSR count). The van der Waals surface area contributed by atoms with Gasteiger partial charge in [0.05, 0.1) is 11.2 Å². The number of carbonyl (C=O) groups excluding carboxylic acids is 1. The monoisotopic (exact) mass is 459 g/mol. The minimum absolute atomic E-state index is 0.112. The summed E-state index contributed by atoms with van der Waals surface area (Å²) in [7, 11) is 2.23. The number of fused-ring (bicyclic) bond motifs is 2. The number of nitrogens with zero attached hydrogens (tertiary/aromatic N) is 2. The number of piperidine rings is 1. The highest BCUT2D eigenvalue weighted by Crippen LogP contribution is 2.46. The molecular weight excluding hydrogens is 430 g/mol. The van der Waals surface area contributed by atoms with Gasteiger partial charge in [0.1, 0.15) is 0 Å². The van der Waals surface area contributed by atoms with Gasteiger partial charge in [-0.1, -0.05) is 25.0 Å². The summed E-state index contributed by atoms with van der Waals surface area (Å²) in [6.45, 7) is 3.22. The van der Waals surface area contributed by atoms with Crippen LogP contribution < -0.4 is 0 Å². The van der Waals surface area contributed by atoms with E-state index in [-0.39, 0.29) is 6.09 Å². The van der Waals surface area contributed by atoms with E-state index in [1.165, 1.54) is 34.9 Å². The molecule has 156 valence electrons. The molecule has 1 aliphatic carbocycles. The van der Waals surface area contributed by atoms with Crippen molar-refractivity contribution in [3.05, 3.63) is 33.9 Å². The van der Waals surface area contributed by atoms with E-state index in [9.17, 15) is 4.79 Å². The van der Waals surface area contributed by atoms with Crippen molar-refractivity contribution >= 4 is 32.9 Å². The average Bonchev–Trinajstić information content (AvgIpc) is 2.89. The predicted octanol–water partition coefficient (Wildman–Crippen LogP) is 4.90. The number of ether oxygens (including phenoxy) is 1. The molecule has 2 saturated heterocycles. The molecule has 29 heavy (non-hydrogen) atoms. The van der Waals surface area contributed by atoms with Crippen molar-refractivity contribution in [1.29, 1.82) is 0 Å². The third-order valence-electron chi connectivity index (χ3n) is 7.19. The Bertz CT molecular complexity index is 903. The molecule has 2 aromatic rings. The maximum absolute atomic E-state index is 12.6. The zero-order chi connectivity index (χ0) is 20.0. The molecule has 2 fully saturated rings. The highest BCUT2D eigenvalue weighted by Gasteiger charge is 2.40. The molecule has 1 N–H and O–H groups in total. The smallest absolute Gasteiger partial charge is 0.409 e. The van der Waals surface area contributed by atoms with Gasteiger partial charge in [0.25, 0.3) is 0 Å². The van der Waals surface area contributed by atoms with Gasteiger partial charge >= 0.3 is 6.09 Å². The highest BCUT2D eigenvalue weighted by molar-refractivity contribution is 9.10. The number of amides is 1. The minimum Gasteiger partial charge on any atom is -0.449 e. The first-order valence-electron chi connectivity index (χ1n) is 11.0. The Hall–Kier alpha value is -1.53. The summed E-state index contributed by atoms with van der Waals surface area (Å²) in [6.07, 6.45) is 6.70. The molecule has 3 atom stereocenters. The predicted molar refractivity (Wildman–Crippen MR) is 118 cm³/mol. The molecule has 2 aliphatic heterocycles. The summed E-state index contributed by atoms with van der Waals surface area (Å²) in [4.78, 5) is 20.5. The van der Waals surface area contributed by atoms with Gasteiger partial charge in [0.15, 0.2) is 0 Å². The Kier molecular flexibility index (Phi) is 5.33. The van der Waals surface area contributed by atoms with Crippen LogP contribution in [0, 0.1) is 5.92 Å². The molecule has 1 aromatic heterocycles. The Labute approximate surface area is 180 Å². The Morgan fingerprint density at radius 1 is 1.24 bits per heavy atom. The molecule has 0 radical (unpaired) electrons. The van der Waals surface area contributed by atoms with E-state index >= 15 is 0 Å². The SMILES string of the molecule is CN1C[C@H](COC(=O)N2CCCCCC2)CC2c3cccc4[nH]c(Br)c(c34)C[C@H]21. The molecule has 5 nitrogen and oxygen atoms in total. The van der Waals surface area contributed by atoms with Gasteiger partial charge in [0, 0.05) is 48.4 Å². The zero-order valence-corrected chi connectivity index (χ0v) is 18.7. The van der Waals surface area contributed by atoms with Crippen LogP contribution in [0.3, 0.4) is 0 Å². The van der Waals surface area contributed by atoms with Crippen molar-refractivity contribution in [2.24, 2.45) is 5.92 Å². The number of nitrogens with one attached hydrogen (secondary N) is 1. The summed E-state index contributed by atoms with van der Waals surface area (Å²) in [5, 5.41) is 1.40. The van der Waals surface area contributed by atoms with Crippen LogP contribution in [-0.2, 0) is 11.2 Å². The normalized spacial score (nSPS) is 27.5. The highest BCUT2D eigenvalue weighted by atomic mass is 79.9. The van der Waals surface area contributed by atoms with E-state index < -0.39 is 0 Å². The Morgan fingerprint density at radius 2 is 2.03 bits per heavy atom. The lowest BCUT2D eigenvalue weighted by atomic mass is 9.72. The number of likely N-dealkylation sites (tertiary alicyclic amines) is 2. The topological polar surface area (TPSA) is 48.6 Å². The third kappa shape index (κ3) is 3.59. The number of hydrogen-bond donors (Lipinski definition) is 1. The van der Waals surface area contributed by atoms with E-state index in [1.807, 2.05) is 4.90 Å². The van der Waals surface area contributed by atoms with Crippen molar-refractivity contribution in [2.45, 2.75) is 50.5 Å². The summed E-state index contributed by atoms with van der Waals surface area (Å²) in [5.74, 6) is 0.880. The van der Waals surface area contributed by atoms with Crippen molar-refractivity contribution in [2.75, 3.05) is 33.3 Å². The van der Waals surface area contributed by atoms with Crippen LogP contribution in [0.2, 0.25) is 0 Å². The lowest BCUT2D eigenvalue weighted by molar-refractivity contribution is 0.0474. The first-order chi connectivity index (χ1) is 14.1. The molecule has 1 aromatic carbocycles. The molecular formula is C23H30BrN3O2. The van der Waals surface area contributed by atoms with Gasteiger partial charge in [0.2, 0.25) is 0 Å². The van der Waals surface area contributed by atoms with Crippen LogP contribution in [0.25, 0.3) is 10.9 Å². The van der Waals surface area contributed by atoms with E-state index in [0.29, 0.717) is 24.5 Å². The number of carbonyl (C=O) groups is 1. The summed E-state index contributed by atoms with van der Waals surface area (Å²) >= 11 is 3.73. The van der Waals surface area contributed by atoms with Crippen molar-refractivity contribution in [3.63, 3.8) is 0 Å². The van der Waals surface area contributed by atoms with Crippen LogP contribution in [-0.4, -0.2) is 60.2 Å². The third-order valence-corrected chi connectivity index (χ3v) is 7.87. The molecule has 6 heteroatoms. The molecule has 3 heterocycles. The molecule has 1 amide bonds. The van der Waals surface area contributed by atoms with E-state index in [1.54, 1.807) is 0 Å². The maximum atomic E-state index is 12.6. The fourth-order valence-corrected chi connectivity index (χ4v) is 6.33. The summed E-state index contributed by atoms with van der Waals surface area (Å²) in [6, 6.07) is 7.14. The summed E-state index contributed by atoms with van der Waals surface area (Å²) in [5.41, 5.74) is 4.08. The van der Waals surface area contributed by atoms with Gasteiger partial charge in [-0.2, -0.15) is 0 Å². The number of aromatic nitrogens is 1. The number of halogens is 1. The molecule has 1 unspecified atom stereocenters. The van der Waals surface area contributed by atoms with Crippen LogP contribution in [0.15, 0.2) is 22.8 Å². The van der Waals surface area contributed by atoms with Crippen LogP contribution in [0.5, 0.6) is 0 Å². The lowest BCUT2D eigenvalue weighted by Crippen LogP contribution is -2.49. The van der Waals surface area contributed by atoms with Gasteiger partial charge in [-0.15, -0.1) is 0 Å². The van der Waals surface area contributed by atoms with Gasteiger partial charge in [-0.05, 0) is 65.9 Å². The second-order valence-electron chi connectivity index (χ2n) is 9.08. The second-order valence-corrected chi connectivity index (χ2v) is 9.88. The zero-order valence-electron chi connectivity index (χ0n) is 17.1. The van der Waals surface area contributed by atoms with Crippen molar-refractivity contribution < 1.29 is 9.53 Å². The van der Waals surface area contributed by atoms with E-state index in [0.717, 1.165) is 49.9 Å². The first kappa shape index (κ1) is 19.4. The number of aromatic amines is 1. The number of likely N-dealkylation sites (N-methyl/N-ethyl adjacent to an activating group) is 1. The van der Waals surface area contributed by atoms with Crippen LogP contribution >= 0.6 is 15.9 Å². The van der Waals surface area contributed by atoms with Gasteiger partial charge in [-0.3, -0.25) is 0 Å². The minimum atomic E-state index is -0.112. The lowest BCUT2D eigenvalue weighted by Gasteiger charge is -2.45. The Balaban J connectivity index is 1.31. The van der Waals surface area contributed by atoms with E-state index in [4.69, 9.17) is 4.74 Å². The average molecular weight is 460 g/mol. The van der Waals surface area contributed by atoms with Crippen molar-refractivity contribution in [1.82, 2.24) is 14.8 Å². The molecule has 0 bridgehead atoms. The first-order valence-corrected chi connectivity index (χ1v) is 11.8. The molecule has 3 aliphatic rings. The summed E-state index contributed by atoms with van der Waals surface area (Å²) < 4.78 is 6.92. The van der Waals surface area contributed by atoms with Gasteiger partial charge < -0.3 is 19.5 Å². The second kappa shape index (κ2) is 7.95. The number of hydrogen-bond acceptors (Lipinski definition) is 3. The van der Waals surface area contributed by atoms with Crippen molar-refractivity contribution in [3.8, 4) is 0 Å². The fourth-order valence-electron chi connectivity index (χ4n) is 5.75. The number of benzene rings is 1. The maximum Gasteiger partial charge on any atom is 0.409 e. The number of rotatable bonds is 2. The Morgan fingerprint density at radius 3 is 2.83 bits per heavy atom. The molecule has 0 spiro atoms. The van der Waals surface area contributed by atoms with Crippen LogP contribution in [0.4, 0.5) is 4.79 Å². The quantitative estimate of drug-likeness (QED) is 0.694. The van der Waals surface area contributed by atoms with E-state index in [2.05, 4.69) is 51.1 Å². The largest absolute Gasteiger partial charge is 0.449 e. The van der Waals surface area contributed by atoms with Crippen LogP contribution in [0.1, 0.15) is 49.1 Å². The number of H-pyrrole nitrogens is 1. The fraction of sp³-hybridized carbons (Fsp3) is 0.609. The standard InChI is InChI=1S/C23H30BrN3O2/c1-26-13-15(14-29-23(28)27-9-4-2-3-5-10-27)11-17-16-7-6-8-19-21(16)18(12-20(17)26)22(24)25-19/h6-8,15,17,20,25H,2-5,9-14H2,1H3/t15-,17?,20-/m1/s1.